The van der Waals surface area contributed by atoms with Crippen LogP contribution in [0.3, 0.4) is 0 Å². The van der Waals surface area contributed by atoms with E-state index in [2.05, 4.69) is 28.1 Å². The molecular formula is C11H9BrO. The topological polar surface area (TPSA) is 13.1 Å². The number of hydrogen-bond donors (Lipinski definition) is 0. The Labute approximate surface area is 85.5 Å². The lowest BCUT2D eigenvalue weighted by molar-refractivity contribution is 0.535. The van der Waals surface area contributed by atoms with E-state index in [9.17, 15) is 0 Å². The molecule has 0 bridgehead atoms. The van der Waals surface area contributed by atoms with Gasteiger partial charge in [0.2, 0.25) is 0 Å². The summed E-state index contributed by atoms with van der Waals surface area (Å²) in [6.45, 7) is 1.95. The van der Waals surface area contributed by atoms with Crippen LogP contribution in [0.25, 0.3) is 11.1 Å². The van der Waals surface area contributed by atoms with Crippen molar-refractivity contribution in [3.8, 4) is 11.1 Å². The standard InChI is InChI=1S/C11H9BrO/c1-8-6-10(7-13-8)9-2-4-11(12)5-3-9/h2-7H,1H3. The molecule has 0 radical (unpaired) electrons. The first-order valence-corrected chi connectivity index (χ1v) is 4.86. The van der Waals surface area contributed by atoms with Gasteiger partial charge < -0.3 is 4.42 Å². The predicted octanol–water partition coefficient (Wildman–Crippen LogP) is 4.02. The summed E-state index contributed by atoms with van der Waals surface area (Å²) < 4.78 is 6.33. The molecule has 2 heteroatoms. The summed E-state index contributed by atoms with van der Waals surface area (Å²) in [5.41, 5.74) is 2.31. The lowest BCUT2D eigenvalue weighted by Crippen LogP contribution is -1.71. The minimum absolute atomic E-state index is 0.943. The third-order valence-corrected chi connectivity index (χ3v) is 2.44. The Morgan fingerprint density at radius 3 is 2.31 bits per heavy atom. The molecule has 0 unspecified atom stereocenters. The first-order chi connectivity index (χ1) is 6.25. The largest absolute Gasteiger partial charge is 0.469 e. The van der Waals surface area contributed by atoms with Gasteiger partial charge in [-0.2, -0.15) is 0 Å². The van der Waals surface area contributed by atoms with E-state index in [1.54, 1.807) is 6.26 Å². The van der Waals surface area contributed by atoms with Crippen LogP contribution in [0.15, 0.2) is 45.5 Å². The van der Waals surface area contributed by atoms with Gasteiger partial charge in [-0.3, -0.25) is 0 Å². The lowest BCUT2D eigenvalue weighted by atomic mass is 10.1. The van der Waals surface area contributed by atoms with Gasteiger partial charge in [0.25, 0.3) is 0 Å². The highest BCUT2D eigenvalue weighted by Crippen LogP contribution is 2.23. The van der Waals surface area contributed by atoms with Gasteiger partial charge in [0, 0.05) is 10.0 Å². The van der Waals surface area contributed by atoms with Crippen molar-refractivity contribution in [2.24, 2.45) is 0 Å². The van der Waals surface area contributed by atoms with Crippen LogP contribution in [0, 0.1) is 6.92 Å². The Bertz CT molecular complexity index is 400. The average Bonchev–Trinajstić information content (AvgIpc) is 2.53. The van der Waals surface area contributed by atoms with Crippen LogP contribution >= 0.6 is 15.9 Å². The molecule has 66 valence electrons. The summed E-state index contributed by atoms with van der Waals surface area (Å²) in [5, 5.41) is 0. The SMILES string of the molecule is Cc1cc(-c2ccc(Br)cc2)co1. The van der Waals surface area contributed by atoms with Gasteiger partial charge in [0.15, 0.2) is 0 Å². The van der Waals surface area contributed by atoms with E-state index >= 15 is 0 Å². The number of hydrogen-bond acceptors (Lipinski definition) is 1. The molecule has 0 amide bonds. The van der Waals surface area contributed by atoms with E-state index in [1.807, 2.05) is 25.1 Å². The monoisotopic (exact) mass is 236 g/mol. The summed E-state index contributed by atoms with van der Waals surface area (Å²) in [6, 6.07) is 10.2. The number of furan rings is 1. The van der Waals surface area contributed by atoms with Crippen molar-refractivity contribution in [3.05, 3.63) is 46.8 Å². The second kappa shape index (κ2) is 3.38. The fraction of sp³-hybridized carbons (Fsp3) is 0.0909. The molecular weight excluding hydrogens is 228 g/mol. The van der Waals surface area contributed by atoms with Crippen LogP contribution in [0.4, 0.5) is 0 Å². The Morgan fingerprint density at radius 2 is 1.77 bits per heavy atom. The molecule has 2 rings (SSSR count). The minimum Gasteiger partial charge on any atom is -0.469 e. The van der Waals surface area contributed by atoms with Crippen LogP contribution in [-0.4, -0.2) is 0 Å². The first-order valence-electron chi connectivity index (χ1n) is 4.07. The van der Waals surface area contributed by atoms with Crippen LogP contribution in [0.2, 0.25) is 0 Å². The van der Waals surface area contributed by atoms with Crippen LogP contribution < -0.4 is 0 Å². The number of rotatable bonds is 1. The highest BCUT2D eigenvalue weighted by Gasteiger charge is 2.00. The van der Waals surface area contributed by atoms with E-state index in [0.717, 1.165) is 15.8 Å². The van der Waals surface area contributed by atoms with Crippen molar-refractivity contribution >= 4 is 15.9 Å². The van der Waals surface area contributed by atoms with Crippen LogP contribution in [0.5, 0.6) is 0 Å². The van der Waals surface area contributed by atoms with Crippen LogP contribution in [0.1, 0.15) is 5.76 Å². The quantitative estimate of drug-likeness (QED) is 0.730. The van der Waals surface area contributed by atoms with Crippen LogP contribution in [-0.2, 0) is 0 Å². The molecule has 0 fully saturated rings. The van der Waals surface area contributed by atoms with E-state index in [0.29, 0.717) is 0 Å². The minimum atomic E-state index is 0.943. The van der Waals surface area contributed by atoms with Crippen molar-refractivity contribution in [1.29, 1.82) is 0 Å². The summed E-state index contributed by atoms with van der Waals surface area (Å²) >= 11 is 3.40. The average molecular weight is 237 g/mol. The molecule has 0 aliphatic carbocycles. The van der Waals surface area contributed by atoms with Gasteiger partial charge in [0.1, 0.15) is 5.76 Å². The Kier molecular flexibility index (Phi) is 2.23. The lowest BCUT2D eigenvalue weighted by Gasteiger charge is -1.95. The van der Waals surface area contributed by atoms with Gasteiger partial charge in [-0.05, 0) is 30.7 Å². The smallest absolute Gasteiger partial charge is 0.101 e. The molecule has 1 heterocycles. The third kappa shape index (κ3) is 1.83. The van der Waals surface area contributed by atoms with Crippen molar-refractivity contribution < 1.29 is 4.42 Å². The van der Waals surface area contributed by atoms with Gasteiger partial charge in [-0.15, -0.1) is 0 Å². The van der Waals surface area contributed by atoms with Gasteiger partial charge in [0.05, 0.1) is 6.26 Å². The molecule has 0 saturated heterocycles. The highest BCUT2D eigenvalue weighted by molar-refractivity contribution is 9.10. The number of halogens is 1. The van der Waals surface area contributed by atoms with E-state index < -0.39 is 0 Å². The van der Waals surface area contributed by atoms with Gasteiger partial charge >= 0.3 is 0 Å². The first kappa shape index (κ1) is 8.57. The second-order valence-corrected chi connectivity index (χ2v) is 3.87. The molecule has 0 saturated carbocycles. The zero-order valence-corrected chi connectivity index (χ0v) is 8.84. The molecule has 1 nitrogen and oxygen atoms in total. The molecule has 0 N–H and O–H groups in total. The summed E-state index contributed by atoms with van der Waals surface area (Å²) in [6.07, 6.45) is 1.78. The second-order valence-electron chi connectivity index (χ2n) is 2.95. The molecule has 1 aromatic heterocycles. The molecule has 0 aliphatic rings. The molecule has 0 spiro atoms. The molecule has 1 aromatic carbocycles. The normalized spacial score (nSPS) is 10.3. The summed E-state index contributed by atoms with van der Waals surface area (Å²) in [5.74, 6) is 0.943. The Morgan fingerprint density at radius 1 is 1.08 bits per heavy atom. The van der Waals surface area contributed by atoms with Crippen molar-refractivity contribution in [1.82, 2.24) is 0 Å². The maximum absolute atomic E-state index is 5.24. The fourth-order valence-electron chi connectivity index (χ4n) is 1.24. The number of benzene rings is 1. The Hall–Kier alpha value is -1.02. The van der Waals surface area contributed by atoms with E-state index in [-0.39, 0.29) is 0 Å². The van der Waals surface area contributed by atoms with Crippen molar-refractivity contribution in [2.45, 2.75) is 6.92 Å². The predicted molar refractivity (Wildman–Crippen MR) is 56.6 cm³/mol. The zero-order chi connectivity index (χ0) is 9.26. The van der Waals surface area contributed by atoms with Gasteiger partial charge in [-0.1, -0.05) is 28.1 Å². The number of aryl methyl sites for hydroxylation is 1. The maximum atomic E-state index is 5.24. The molecule has 13 heavy (non-hydrogen) atoms. The third-order valence-electron chi connectivity index (χ3n) is 1.91. The van der Waals surface area contributed by atoms with E-state index in [1.165, 1.54) is 5.56 Å². The van der Waals surface area contributed by atoms with Gasteiger partial charge in [-0.25, -0.2) is 0 Å². The van der Waals surface area contributed by atoms with E-state index in [4.69, 9.17) is 4.42 Å². The molecule has 0 atom stereocenters. The molecule has 2 aromatic rings. The molecule has 0 aliphatic heterocycles. The summed E-state index contributed by atoms with van der Waals surface area (Å²) in [7, 11) is 0. The highest BCUT2D eigenvalue weighted by atomic mass is 79.9. The Balaban J connectivity index is 2.41. The van der Waals surface area contributed by atoms with Crippen molar-refractivity contribution in [3.63, 3.8) is 0 Å². The maximum Gasteiger partial charge on any atom is 0.101 e. The fourth-order valence-corrected chi connectivity index (χ4v) is 1.50. The zero-order valence-electron chi connectivity index (χ0n) is 7.25. The summed E-state index contributed by atoms with van der Waals surface area (Å²) in [4.78, 5) is 0. The van der Waals surface area contributed by atoms with Crippen molar-refractivity contribution in [2.75, 3.05) is 0 Å².